The number of ether oxygens (including phenoxy) is 1. The van der Waals surface area contributed by atoms with Crippen molar-refractivity contribution in [3.05, 3.63) is 71.9 Å². The maximum absolute atomic E-state index is 11.9. The zero-order valence-corrected chi connectivity index (χ0v) is 14.5. The fourth-order valence-electron chi connectivity index (χ4n) is 2.78. The number of aromatic nitrogens is 1. The van der Waals surface area contributed by atoms with Crippen LogP contribution in [0, 0.1) is 0 Å². The monoisotopic (exact) mass is 321 g/mol. The van der Waals surface area contributed by atoms with Crippen molar-refractivity contribution >= 4 is 16.9 Å². The number of carbonyl (C=O) groups is 1. The molecule has 0 amide bonds. The third kappa shape index (κ3) is 4.05. The second-order valence-electron chi connectivity index (χ2n) is 7.08. The lowest BCUT2D eigenvalue weighted by Crippen LogP contribution is -2.24. The van der Waals surface area contributed by atoms with Gasteiger partial charge < -0.3 is 9.30 Å². The van der Waals surface area contributed by atoms with Crippen molar-refractivity contribution in [2.24, 2.45) is 0 Å². The lowest BCUT2D eigenvalue weighted by molar-refractivity contribution is -0.153. The number of hydrogen-bond donors (Lipinski definition) is 0. The second-order valence-corrected chi connectivity index (χ2v) is 7.08. The molecule has 0 bridgehead atoms. The summed E-state index contributed by atoms with van der Waals surface area (Å²) in [6.07, 6.45) is 2.42. The van der Waals surface area contributed by atoms with E-state index in [-0.39, 0.29) is 5.97 Å². The first kappa shape index (κ1) is 16.3. The van der Waals surface area contributed by atoms with Gasteiger partial charge in [0.1, 0.15) is 5.60 Å². The van der Waals surface area contributed by atoms with Crippen LogP contribution in [0.5, 0.6) is 0 Å². The third-order valence-corrected chi connectivity index (χ3v) is 3.82. The van der Waals surface area contributed by atoms with E-state index in [1.807, 2.05) is 32.9 Å². The lowest BCUT2D eigenvalue weighted by atomic mass is 10.1. The molecule has 2 aromatic carbocycles. The number of rotatable bonds is 4. The molecular formula is C21H23NO2. The molecule has 0 aliphatic heterocycles. The highest BCUT2D eigenvalue weighted by molar-refractivity contribution is 5.80. The molecule has 0 spiro atoms. The number of fused-ring (bicyclic) bond motifs is 1. The Bertz CT molecular complexity index is 838. The van der Waals surface area contributed by atoms with Gasteiger partial charge in [0, 0.05) is 18.3 Å². The highest BCUT2D eigenvalue weighted by atomic mass is 16.6. The van der Waals surface area contributed by atoms with Gasteiger partial charge in [0.2, 0.25) is 0 Å². The molecule has 1 heterocycles. The van der Waals surface area contributed by atoms with Crippen LogP contribution in [0.2, 0.25) is 0 Å². The fourth-order valence-corrected chi connectivity index (χ4v) is 2.78. The van der Waals surface area contributed by atoms with E-state index in [4.69, 9.17) is 4.74 Å². The highest BCUT2D eigenvalue weighted by Crippen LogP contribution is 2.17. The second kappa shape index (κ2) is 6.52. The molecule has 3 rings (SSSR count). The Balaban J connectivity index is 1.67. The largest absolute Gasteiger partial charge is 0.460 e. The van der Waals surface area contributed by atoms with Crippen molar-refractivity contribution < 1.29 is 9.53 Å². The van der Waals surface area contributed by atoms with E-state index in [0.717, 1.165) is 12.1 Å². The van der Waals surface area contributed by atoms with Gasteiger partial charge in [-0.05, 0) is 49.4 Å². The van der Waals surface area contributed by atoms with Gasteiger partial charge in [-0.1, -0.05) is 42.5 Å². The maximum Gasteiger partial charge on any atom is 0.310 e. The molecule has 0 unspecified atom stereocenters. The van der Waals surface area contributed by atoms with Crippen molar-refractivity contribution in [1.82, 2.24) is 4.57 Å². The average molecular weight is 321 g/mol. The van der Waals surface area contributed by atoms with Gasteiger partial charge in [-0.3, -0.25) is 4.79 Å². The first-order valence-corrected chi connectivity index (χ1v) is 8.24. The smallest absolute Gasteiger partial charge is 0.310 e. The molecule has 0 fully saturated rings. The number of hydrogen-bond acceptors (Lipinski definition) is 2. The molecule has 3 aromatic rings. The minimum Gasteiger partial charge on any atom is -0.460 e. The summed E-state index contributed by atoms with van der Waals surface area (Å²) in [5.74, 6) is -0.188. The van der Waals surface area contributed by atoms with Gasteiger partial charge in [0.15, 0.2) is 0 Å². The molecule has 1 aromatic heterocycles. The predicted octanol–water partition coefficient (Wildman–Crippen LogP) is 4.57. The van der Waals surface area contributed by atoms with Crippen molar-refractivity contribution in [2.75, 3.05) is 0 Å². The van der Waals surface area contributed by atoms with Gasteiger partial charge in [0.25, 0.3) is 0 Å². The summed E-state index contributed by atoms with van der Waals surface area (Å²) in [5.41, 5.74) is 2.98. The zero-order chi connectivity index (χ0) is 17.2. The SMILES string of the molecule is CC(C)(C)OC(=O)Cc1ccc(Cn2ccc3ccccc32)cc1. The minimum atomic E-state index is -0.438. The Labute approximate surface area is 142 Å². The normalized spacial score (nSPS) is 11.6. The molecule has 0 N–H and O–H groups in total. The molecular weight excluding hydrogens is 298 g/mol. The summed E-state index contributed by atoms with van der Waals surface area (Å²) in [7, 11) is 0. The minimum absolute atomic E-state index is 0.188. The fraction of sp³-hybridized carbons (Fsp3) is 0.286. The molecule has 124 valence electrons. The van der Waals surface area contributed by atoms with E-state index >= 15 is 0 Å². The maximum atomic E-state index is 11.9. The van der Waals surface area contributed by atoms with Crippen LogP contribution in [0.3, 0.4) is 0 Å². The summed E-state index contributed by atoms with van der Waals surface area (Å²) in [5, 5.41) is 1.25. The van der Waals surface area contributed by atoms with Crippen LogP contribution in [-0.2, 0) is 22.5 Å². The lowest BCUT2D eigenvalue weighted by Gasteiger charge is -2.19. The molecule has 24 heavy (non-hydrogen) atoms. The van der Waals surface area contributed by atoms with Crippen LogP contribution in [0.15, 0.2) is 60.8 Å². The standard InChI is InChI=1S/C21H23NO2/c1-21(2,3)24-20(23)14-16-8-10-17(11-9-16)15-22-13-12-18-6-4-5-7-19(18)22/h4-13H,14-15H2,1-3H3. The summed E-state index contributed by atoms with van der Waals surface area (Å²) < 4.78 is 7.60. The Kier molecular flexibility index (Phi) is 4.43. The molecule has 0 saturated carbocycles. The molecule has 3 nitrogen and oxygen atoms in total. The number of carbonyl (C=O) groups excluding carboxylic acids is 1. The Hall–Kier alpha value is -2.55. The van der Waals surface area contributed by atoms with Crippen molar-refractivity contribution in [3.63, 3.8) is 0 Å². The highest BCUT2D eigenvalue weighted by Gasteiger charge is 2.16. The first-order valence-electron chi connectivity index (χ1n) is 8.24. The van der Waals surface area contributed by atoms with E-state index in [1.54, 1.807) is 0 Å². The quantitative estimate of drug-likeness (QED) is 0.659. The zero-order valence-electron chi connectivity index (χ0n) is 14.5. The van der Waals surface area contributed by atoms with Crippen LogP contribution in [0.1, 0.15) is 31.9 Å². The Morgan fingerprint density at radius 1 is 0.958 bits per heavy atom. The Morgan fingerprint density at radius 2 is 1.62 bits per heavy atom. The summed E-state index contributed by atoms with van der Waals surface area (Å²) in [6.45, 7) is 6.47. The van der Waals surface area contributed by atoms with Crippen molar-refractivity contribution in [2.45, 2.75) is 39.3 Å². The molecule has 0 saturated heterocycles. The van der Waals surface area contributed by atoms with Crippen LogP contribution >= 0.6 is 0 Å². The van der Waals surface area contributed by atoms with Crippen molar-refractivity contribution in [3.8, 4) is 0 Å². The van der Waals surface area contributed by atoms with E-state index in [9.17, 15) is 4.79 Å². The summed E-state index contributed by atoms with van der Waals surface area (Å²) in [6, 6.07) is 18.7. The summed E-state index contributed by atoms with van der Waals surface area (Å²) >= 11 is 0. The molecule has 0 aliphatic rings. The molecule has 0 aliphatic carbocycles. The van der Waals surface area contributed by atoms with Crippen LogP contribution in [-0.4, -0.2) is 16.1 Å². The van der Waals surface area contributed by atoms with Crippen LogP contribution in [0.25, 0.3) is 10.9 Å². The van der Waals surface area contributed by atoms with Gasteiger partial charge in [-0.15, -0.1) is 0 Å². The Morgan fingerprint density at radius 3 is 2.33 bits per heavy atom. The van der Waals surface area contributed by atoms with E-state index in [0.29, 0.717) is 6.42 Å². The van der Waals surface area contributed by atoms with Gasteiger partial charge in [-0.25, -0.2) is 0 Å². The van der Waals surface area contributed by atoms with Crippen LogP contribution < -0.4 is 0 Å². The van der Waals surface area contributed by atoms with E-state index in [1.165, 1.54) is 16.5 Å². The van der Waals surface area contributed by atoms with Gasteiger partial charge >= 0.3 is 5.97 Å². The predicted molar refractivity (Wildman–Crippen MR) is 97.0 cm³/mol. The molecule has 0 atom stereocenters. The number of esters is 1. The van der Waals surface area contributed by atoms with E-state index in [2.05, 4.69) is 53.2 Å². The first-order chi connectivity index (χ1) is 11.4. The average Bonchev–Trinajstić information content (AvgIpc) is 2.91. The topological polar surface area (TPSA) is 31.2 Å². The number of para-hydroxylation sites is 1. The van der Waals surface area contributed by atoms with Crippen molar-refractivity contribution in [1.29, 1.82) is 0 Å². The third-order valence-electron chi connectivity index (χ3n) is 3.82. The van der Waals surface area contributed by atoms with E-state index < -0.39 is 5.60 Å². The number of nitrogens with zero attached hydrogens (tertiary/aromatic N) is 1. The summed E-state index contributed by atoms with van der Waals surface area (Å²) in [4.78, 5) is 11.9. The van der Waals surface area contributed by atoms with Gasteiger partial charge in [0.05, 0.1) is 6.42 Å². The molecule has 3 heteroatoms. The number of benzene rings is 2. The van der Waals surface area contributed by atoms with Crippen LogP contribution in [0.4, 0.5) is 0 Å². The van der Waals surface area contributed by atoms with Gasteiger partial charge in [-0.2, -0.15) is 0 Å². The molecule has 0 radical (unpaired) electrons.